The molecule has 0 radical (unpaired) electrons. The SMILES string of the molecule is CC[C@H](C)[C@@H](CO)NC(=O)Cc1c(C)c2c(cc(C)c3c(C)coc32)oc1=O. The van der Waals surface area contributed by atoms with E-state index in [0.717, 1.165) is 28.3 Å². The Kier molecular flexibility index (Phi) is 5.61. The maximum Gasteiger partial charge on any atom is 0.340 e. The standard InChI is InChI=1S/C22H27NO5/c1-6-11(2)16(9-24)23-18(25)8-15-14(5)20-17(28-22(15)26)7-12(3)19-13(4)10-27-21(19)20/h7,10-11,16,24H,6,8-9H2,1-5H3,(H,23,25)/t11-,16+/m0/s1. The highest BCUT2D eigenvalue weighted by Gasteiger charge is 2.22. The van der Waals surface area contributed by atoms with Gasteiger partial charge in [-0.3, -0.25) is 4.79 Å². The number of amides is 1. The number of carbonyl (C=O) groups is 1. The van der Waals surface area contributed by atoms with Gasteiger partial charge in [-0.2, -0.15) is 0 Å². The van der Waals surface area contributed by atoms with E-state index in [2.05, 4.69) is 5.32 Å². The molecular formula is C22H27NO5. The van der Waals surface area contributed by atoms with Crippen LogP contribution in [0.5, 0.6) is 0 Å². The molecule has 1 amide bonds. The molecule has 0 saturated carbocycles. The summed E-state index contributed by atoms with van der Waals surface area (Å²) in [4.78, 5) is 25.1. The molecule has 6 nitrogen and oxygen atoms in total. The molecule has 3 rings (SSSR count). The number of fused-ring (bicyclic) bond motifs is 3. The van der Waals surface area contributed by atoms with Crippen molar-refractivity contribution >= 4 is 27.8 Å². The minimum absolute atomic E-state index is 0.105. The quantitative estimate of drug-likeness (QED) is 0.633. The Labute approximate surface area is 163 Å². The average Bonchev–Trinajstić information content (AvgIpc) is 3.04. The van der Waals surface area contributed by atoms with Gasteiger partial charge in [-0.1, -0.05) is 20.3 Å². The Hall–Kier alpha value is -2.60. The van der Waals surface area contributed by atoms with Crippen molar-refractivity contribution in [2.24, 2.45) is 5.92 Å². The van der Waals surface area contributed by atoms with Crippen molar-refractivity contribution in [2.75, 3.05) is 6.61 Å². The van der Waals surface area contributed by atoms with Crippen LogP contribution in [-0.4, -0.2) is 23.7 Å². The summed E-state index contributed by atoms with van der Waals surface area (Å²) in [5, 5.41) is 14.1. The first-order chi connectivity index (χ1) is 13.3. The van der Waals surface area contributed by atoms with Gasteiger partial charge in [0.15, 0.2) is 0 Å². The fourth-order valence-electron chi connectivity index (χ4n) is 3.75. The van der Waals surface area contributed by atoms with Gasteiger partial charge in [0.2, 0.25) is 5.91 Å². The summed E-state index contributed by atoms with van der Waals surface area (Å²) in [7, 11) is 0. The van der Waals surface area contributed by atoms with Crippen molar-refractivity contribution in [2.45, 2.75) is 53.5 Å². The maximum atomic E-state index is 12.6. The summed E-state index contributed by atoms with van der Waals surface area (Å²) in [6.07, 6.45) is 2.41. The van der Waals surface area contributed by atoms with E-state index in [0.29, 0.717) is 22.3 Å². The van der Waals surface area contributed by atoms with Crippen LogP contribution in [-0.2, 0) is 11.2 Å². The molecule has 0 fully saturated rings. The van der Waals surface area contributed by atoms with E-state index < -0.39 is 5.63 Å². The van der Waals surface area contributed by atoms with Crippen molar-refractivity contribution in [3.05, 3.63) is 45.0 Å². The third-order valence-corrected chi connectivity index (χ3v) is 5.68. The molecular weight excluding hydrogens is 358 g/mol. The third-order valence-electron chi connectivity index (χ3n) is 5.68. The normalized spacial score (nSPS) is 13.8. The number of rotatable bonds is 6. The summed E-state index contributed by atoms with van der Waals surface area (Å²) in [6, 6.07) is 1.50. The number of aliphatic hydroxyl groups is 1. The lowest BCUT2D eigenvalue weighted by Gasteiger charge is -2.22. The summed E-state index contributed by atoms with van der Waals surface area (Å²) in [5.41, 5.74) is 3.59. The molecule has 28 heavy (non-hydrogen) atoms. The predicted molar refractivity (Wildman–Crippen MR) is 109 cm³/mol. The zero-order chi connectivity index (χ0) is 20.6. The largest absolute Gasteiger partial charge is 0.463 e. The van der Waals surface area contributed by atoms with Gasteiger partial charge in [0.25, 0.3) is 0 Å². The molecule has 2 aromatic heterocycles. The van der Waals surface area contributed by atoms with Crippen molar-refractivity contribution in [1.82, 2.24) is 5.32 Å². The molecule has 0 aliphatic carbocycles. The number of aryl methyl sites for hydroxylation is 3. The fraction of sp³-hybridized carbons (Fsp3) is 0.455. The van der Waals surface area contributed by atoms with Crippen molar-refractivity contribution in [3.8, 4) is 0 Å². The van der Waals surface area contributed by atoms with Crippen LogP contribution in [0.1, 0.15) is 42.5 Å². The van der Waals surface area contributed by atoms with Crippen LogP contribution in [0.4, 0.5) is 0 Å². The number of aliphatic hydroxyl groups excluding tert-OH is 1. The molecule has 0 aliphatic heterocycles. The predicted octanol–water partition coefficient (Wildman–Crippen LogP) is 3.53. The summed E-state index contributed by atoms with van der Waals surface area (Å²) in [6.45, 7) is 9.56. The monoisotopic (exact) mass is 385 g/mol. The van der Waals surface area contributed by atoms with Crippen LogP contribution in [0.3, 0.4) is 0 Å². The molecule has 150 valence electrons. The van der Waals surface area contributed by atoms with Gasteiger partial charge in [0.05, 0.1) is 36.3 Å². The second-order valence-corrected chi connectivity index (χ2v) is 7.60. The van der Waals surface area contributed by atoms with Gasteiger partial charge in [-0.25, -0.2) is 4.79 Å². The van der Waals surface area contributed by atoms with Gasteiger partial charge in [-0.15, -0.1) is 0 Å². The minimum atomic E-state index is -0.522. The van der Waals surface area contributed by atoms with Crippen LogP contribution >= 0.6 is 0 Å². The van der Waals surface area contributed by atoms with Crippen molar-refractivity contribution in [1.29, 1.82) is 0 Å². The first-order valence-corrected chi connectivity index (χ1v) is 9.62. The summed E-state index contributed by atoms with van der Waals surface area (Å²) < 4.78 is 11.3. The van der Waals surface area contributed by atoms with E-state index in [-0.39, 0.29) is 30.9 Å². The smallest absolute Gasteiger partial charge is 0.340 e. The lowest BCUT2D eigenvalue weighted by Crippen LogP contribution is -2.43. The number of nitrogens with one attached hydrogen (secondary N) is 1. The molecule has 6 heteroatoms. The Morgan fingerprint density at radius 1 is 1.21 bits per heavy atom. The van der Waals surface area contributed by atoms with Gasteiger partial charge in [0, 0.05) is 5.39 Å². The van der Waals surface area contributed by atoms with Crippen LogP contribution in [0.2, 0.25) is 0 Å². The van der Waals surface area contributed by atoms with E-state index in [9.17, 15) is 14.7 Å². The molecule has 0 spiro atoms. The van der Waals surface area contributed by atoms with E-state index >= 15 is 0 Å². The van der Waals surface area contributed by atoms with E-state index in [1.807, 2.05) is 40.7 Å². The molecule has 0 bridgehead atoms. The maximum absolute atomic E-state index is 12.6. The average molecular weight is 385 g/mol. The highest BCUT2D eigenvalue weighted by molar-refractivity contribution is 6.07. The van der Waals surface area contributed by atoms with E-state index in [1.165, 1.54) is 0 Å². The Bertz CT molecular complexity index is 1090. The topological polar surface area (TPSA) is 92.7 Å². The van der Waals surface area contributed by atoms with Crippen LogP contribution in [0.25, 0.3) is 21.9 Å². The highest BCUT2D eigenvalue weighted by Crippen LogP contribution is 2.34. The first kappa shape index (κ1) is 20.1. The number of hydrogen-bond donors (Lipinski definition) is 2. The Morgan fingerprint density at radius 3 is 2.57 bits per heavy atom. The molecule has 2 heterocycles. The first-order valence-electron chi connectivity index (χ1n) is 9.62. The van der Waals surface area contributed by atoms with Crippen LogP contribution in [0, 0.1) is 26.7 Å². The molecule has 2 N–H and O–H groups in total. The molecule has 0 unspecified atom stereocenters. The van der Waals surface area contributed by atoms with Gasteiger partial charge in [0.1, 0.15) is 11.2 Å². The number of carbonyl (C=O) groups excluding carboxylic acids is 1. The lowest BCUT2D eigenvalue weighted by atomic mass is 9.97. The molecule has 1 aromatic carbocycles. The van der Waals surface area contributed by atoms with E-state index in [1.54, 1.807) is 6.26 Å². The summed E-state index contributed by atoms with van der Waals surface area (Å²) >= 11 is 0. The molecule has 0 saturated heterocycles. The highest BCUT2D eigenvalue weighted by atomic mass is 16.4. The van der Waals surface area contributed by atoms with Crippen molar-refractivity contribution in [3.63, 3.8) is 0 Å². The van der Waals surface area contributed by atoms with Gasteiger partial charge < -0.3 is 19.3 Å². The van der Waals surface area contributed by atoms with Crippen molar-refractivity contribution < 1.29 is 18.7 Å². The number of benzene rings is 1. The fourth-order valence-corrected chi connectivity index (χ4v) is 3.75. The number of hydrogen-bond acceptors (Lipinski definition) is 5. The molecule has 3 aromatic rings. The molecule has 0 aliphatic rings. The Balaban J connectivity index is 2.05. The van der Waals surface area contributed by atoms with Crippen LogP contribution < -0.4 is 10.9 Å². The zero-order valence-electron chi connectivity index (χ0n) is 17.0. The van der Waals surface area contributed by atoms with Crippen LogP contribution in [0.15, 0.2) is 26.0 Å². The minimum Gasteiger partial charge on any atom is -0.463 e. The van der Waals surface area contributed by atoms with E-state index in [4.69, 9.17) is 8.83 Å². The number of furan rings is 1. The van der Waals surface area contributed by atoms with Gasteiger partial charge >= 0.3 is 5.63 Å². The summed E-state index contributed by atoms with van der Waals surface area (Å²) in [5.74, 6) is -0.176. The lowest BCUT2D eigenvalue weighted by molar-refractivity contribution is -0.121. The Morgan fingerprint density at radius 2 is 1.93 bits per heavy atom. The second-order valence-electron chi connectivity index (χ2n) is 7.60. The third kappa shape index (κ3) is 3.44. The molecule has 2 atom stereocenters. The second kappa shape index (κ2) is 7.80. The van der Waals surface area contributed by atoms with Gasteiger partial charge in [-0.05, 0) is 49.4 Å². The zero-order valence-corrected chi connectivity index (χ0v) is 17.0.